The molecule has 2 amide bonds. The maximum Gasteiger partial charge on any atom is 0.317 e. The van der Waals surface area contributed by atoms with Gasteiger partial charge >= 0.3 is 6.03 Å². The number of hydrogen-bond donors (Lipinski definition) is 1. The first-order valence-electron chi connectivity index (χ1n) is 9.46. The van der Waals surface area contributed by atoms with Crippen LogP contribution in [0.15, 0.2) is 24.4 Å². The summed E-state index contributed by atoms with van der Waals surface area (Å²) in [5.41, 5.74) is 1.12. The number of amides is 2. The summed E-state index contributed by atoms with van der Waals surface area (Å²) in [6.07, 6.45) is 6.16. The highest BCUT2D eigenvalue weighted by Gasteiger charge is 2.27. The van der Waals surface area contributed by atoms with Crippen LogP contribution >= 0.6 is 0 Å². The van der Waals surface area contributed by atoms with Gasteiger partial charge in [0.2, 0.25) is 0 Å². The second kappa shape index (κ2) is 8.63. The van der Waals surface area contributed by atoms with E-state index in [1.54, 1.807) is 0 Å². The zero-order chi connectivity index (χ0) is 17.6. The lowest BCUT2D eigenvalue weighted by molar-refractivity contribution is 0.131. The lowest BCUT2D eigenvalue weighted by Crippen LogP contribution is -2.54. The van der Waals surface area contributed by atoms with Crippen molar-refractivity contribution < 1.29 is 4.79 Å². The highest BCUT2D eigenvalue weighted by Crippen LogP contribution is 2.16. The van der Waals surface area contributed by atoms with E-state index in [0.29, 0.717) is 12.1 Å². The first-order chi connectivity index (χ1) is 12.1. The molecule has 2 fully saturated rings. The molecule has 1 atom stereocenters. The molecule has 25 heavy (non-hydrogen) atoms. The van der Waals surface area contributed by atoms with Gasteiger partial charge in [-0.05, 0) is 51.9 Å². The van der Waals surface area contributed by atoms with Crippen LogP contribution in [0.1, 0.15) is 31.4 Å². The Morgan fingerprint density at radius 1 is 1.24 bits per heavy atom. The number of urea groups is 1. The standard InChI is InChI=1S/C19H31N5O/c1-22(2)18-7-5-11-24(15-18)19(25)21-16-8-12-23(13-9-16)14-17-6-3-4-10-20-17/h3-4,6,10,16,18H,5,7-9,11-15H2,1-2H3,(H,21,25)/t18-/m1/s1. The van der Waals surface area contributed by atoms with Gasteiger partial charge in [-0.25, -0.2) is 4.79 Å². The van der Waals surface area contributed by atoms with Gasteiger partial charge in [0.05, 0.1) is 5.69 Å². The van der Waals surface area contributed by atoms with E-state index in [-0.39, 0.29) is 6.03 Å². The first kappa shape index (κ1) is 18.1. The minimum atomic E-state index is 0.120. The molecule has 0 radical (unpaired) electrons. The van der Waals surface area contributed by atoms with E-state index in [9.17, 15) is 4.79 Å². The Morgan fingerprint density at radius 3 is 2.72 bits per heavy atom. The molecule has 0 bridgehead atoms. The molecule has 3 heterocycles. The summed E-state index contributed by atoms with van der Waals surface area (Å²) in [4.78, 5) is 23.6. The molecule has 2 aliphatic heterocycles. The molecule has 0 spiro atoms. The van der Waals surface area contributed by atoms with Crippen molar-refractivity contribution in [3.8, 4) is 0 Å². The number of likely N-dealkylation sites (tertiary alicyclic amines) is 2. The number of hydrogen-bond acceptors (Lipinski definition) is 4. The van der Waals surface area contributed by atoms with Crippen LogP contribution in [0.4, 0.5) is 4.79 Å². The Balaban J connectivity index is 1.42. The second-order valence-electron chi connectivity index (χ2n) is 7.53. The van der Waals surface area contributed by atoms with Crippen molar-refractivity contribution in [2.45, 2.75) is 44.3 Å². The summed E-state index contributed by atoms with van der Waals surface area (Å²) < 4.78 is 0. The number of nitrogens with one attached hydrogen (secondary N) is 1. The number of rotatable bonds is 4. The number of aromatic nitrogens is 1. The van der Waals surface area contributed by atoms with Gasteiger partial charge in [-0.3, -0.25) is 9.88 Å². The molecule has 6 nitrogen and oxygen atoms in total. The summed E-state index contributed by atoms with van der Waals surface area (Å²) in [5, 5.41) is 3.26. The Morgan fingerprint density at radius 2 is 2.04 bits per heavy atom. The van der Waals surface area contributed by atoms with Crippen LogP contribution in [-0.4, -0.2) is 78.1 Å². The Labute approximate surface area is 151 Å². The van der Waals surface area contributed by atoms with Crippen molar-refractivity contribution >= 4 is 6.03 Å². The highest BCUT2D eigenvalue weighted by molar-refractivity contribution is 5.74. The van der Waals surface area contributed by atoms with E-state index in [2.05, 4.69) is 40.3 Å². The molecule has 0 saturated carbocycles. The normalized spacial score (nSPS) is 23.0. The van der Waals surface area contributed by atoms with E-state index in [0.717, 1.165) is 57.7 Å². The van der Waals surface area contributed by atoms with Crippen molar-refractivity contribution in [3.05, 3.63) is 30.1 Å². The summed E-state index contributed by atoms with van der Waals surface area (Å²) >= 11 is 0. The fraction of sp³-hybridized carbons (Fsp3) is 0.684. The molecule has 0 unspecified atom stereocenters. The molecule has 0 aliphatic carbocycles. The number of piperidine rings is 2. The van der Waals surface area contributed by atoms with Crippen LogP contribution < -0.4 is 5.32 Å². The molecule has 2 saturated heterocycles. The average molecular weight is 345 g/mol. The number of carbonyl (C=O) groups is 1. The molecule has 1 N–H and O–H groups in total. The maximum absolute atomic E-state index is 12.6. The quantitative estimate of drug-likeness (QED) is 0.904. The first-order valence-corrected chi connectivity index (χ1v) is 9.46. The Kier molecular flexibility index (Phi) is 6.26. The molecule has 6 heteroatoms. The number of carbonyl (C=O) groups excluding carboxylic acids is 1. The third-order valence-corrected chi connectivity index (χ3v) is 5.44. The maximum atomic E-state index is 12.6. The minimum absolute atomic E-state index is 0.120. The largest absolute Gasteiger partial charge is 0.335 e. The molecule has 2 aliphatic rings. The van der Waals surface area contributed by atoms with Crippen LogP contribution in [0.2, 0.25) is 0 Å². The van der Waals surface area contributed by atoms with E-state index >= 15 is 0 Å². The third kappa shape index (κ3) is 5.16. The van der Waals surface area contributed by atoms with E-state index in [1.165, 1.54) is 6.42 Å². The molecule has 3 rings (SSSR count). The molecule has 1 aromatic rings. The van der Waals surface area contributed by atoms with Crippen molar-refractivity contribution in [2.24, 2.45) is 0 Å². The predicted octanol–water partition coefficient (Wildman–Crippen LogP) is 1.78. The highest BCUT2D eigenvalue weighted by atomic mass is 16.2. The van der Waals surface area contributed by atoms with Gasteiger partial charge in [0.1, 0.15) is 0 Å². The van der Waals surface area contributed by atoms with E-state index in [1.807, 2.05) is 23.2 Å². The smallest absolute Gasteiger partial charge is 0.317 e. The van der Waals surface area contributed by atoms with Crippen LogP contribution in [-0.2, 0) is 6.54 Å². The Hall–Kier alpha value is -1.66. The van der Waals surface area contributed by atoms with Gasteiger partial charge in [-0.2, -0.15) is 0 Å². The van der Waals surface area contributed by atoms with Crippen molar-refractivity contribution in [1.82, 2.24) is 25.0 Å². The monoisotopic (exact) mass is 345 g/mol. The molecular weight excluding hydrogens is 314 g/mol. The van der Waals surface area contributed by atoms with Gasteiger partial charge in [-0.15, -0.1) is 0 Å². The van der Waals surface area contributed by atoms with E-state index < -0.39 is 0 Å². The molecule has 0 aromatic carbocycles. The van der Waals surface area contributed by atoms with Crippen LogP contribution in [0.25, 0.3) is 0 Å². The fourth-order valence-electron chi connectivity index (χ4n) is 3.78. The number of likely N-dealkylation sites (N-methyl/N-ethyl adjacent to an activating group) is 1. The number of pyridine rings is 1. The fourth-order valence-corrected chi connectivity index (χ4v) is 3.78. The van der Waals surface area contributed by atoms with Gasteiger partial charge < -0.3 is 15.1 Å². The van der Waals surface area contributed by atoms with Gasteiger partial charge in [-0.1, -0.05) is 6.07 Å². The van der Waals surface area contributed by atoms with Crippen LogP contribution in [0.3, 0.4) is 0 Å². The van der Waals surface area contributed by atoms with Crippen LogP contribution in [0, 0.1) is 0 Å². The van der Waals surface area contributed by atoms with Gasteiger partial charge in [0, 0.05) is 51.0 Å². The summed E-state index contributed by atoms with van der Waals surface area (Å²) in [7, 11) is 4.20. The van der Waals surface area contributed by atoms with Crippen molar-refractivity contribution in [2.75, 3.05) is 40.3 Å². The van der Waals surface area contributed by atoms with Gasteiger partial charge in [0.25, 0.3) is 0 Å². The van der Waals surface area contributed by atoms with Crippen molar-refractivity contribution in [1.29, 1.82) is 0 Å². The van der Waals surface area contributed by atoms with E-state index in [4.69, 9.17) is 0 Å². The predicted molar refractivity (Wildman–Crippen MR) is 99.3 cm³/mol. The lowest BCUT2D eigenvalue weighted by atomic mass is 10.0. The second-order valence-corrected chi connectivity index (χ2v) is 7.53. The van der Waals surface area contributed by atoms with Crippen LogP contribution in [0.5, 0.6) is 0 Å². The lowest BCUT2D eigenvalue weighted by Gasteiger charge is -2.38. The molecule has 1 aromatic heterocycles. The van der Waals surface area contributed by atoms with Crippen molar-refractivity contribution in [3.63, 3.8) is 0 Å². The molecule has 138 valence electrons. The van der Waals surface area contributed by atoms with Gasteiger partial charge in [0.15, 0.2) is 0 Å². The SMILES string of the molecule is CN(C)[C@@H]1CCCN(C(=O)NC2CCN(Cc3ccccn3)CC2)C1. The molecular formula is C19H31N5O. The summed E-state index contributed by atoms with van der Waals surface area (Å²) in [6.45, 7) is 4.66. The zero-order valence-corrected chi connectivity index (χ0v) is 15.5. The average Bonchev–Trinajstić information content (AvgIpc) is 2.64. The zero-order valence-electron chi connectivity index (χ0n) is 15.5. The topological polar surface area (TPSA) is 51.7 Å². The summed E-state index contributed by atoms with van der Waals surface area (Å²) in [5.74, 6) is 0. The summed E-state index contributed by atoms with van der Waals surface area (Å²) in [6, 6.07) is 6.97. The minimum Gasteiger partial charge on any atom is -0.335 e. The third-order valence-electron chi connectivity index (χ3n) is 5.44. The Bertz CT molecular complexity index is 542. The number of nitrogens with zero attached hydrogens (tertiary/aromatic N) is 4.